The summed E-state index contributed by atoms with van der Waals surface area (Å²) < 4.78 is 66.4. The Labute approximate surface area is 731 Å². The molecule has 11 aromatic rings. The number of anilines is 6. The molecule has 0 saturated heterocycles. The Morgan fingerprint density at radius 3 is 0.821 bits per heavy atom. The highest BCUT2D eigenvalue weighted by molar-refractivity contribution is 7.86. The van der Waals surface area contributed by atoms with Crippen molar-refractivity contribution in [1.29, 1.82) is 0 Å². The molecule has 0 radical (unpaired) electrons. The molecule has 636 valence electrons. The molecule has 0 amide bonds. The van der Waals surface area contributed by atoms with E-state index in [2.05, 4.69) is 390 Å². The number of fused-ring (bicyclic) bond motifs is 4. The van der Waals surface area contributed by atoms with E-state index in [4.69, 9.17) is 0 Å². The van der Waals surface area contributed by atoms with Gasteiger partial charge in [-0.3, -0.25) is 0 Å². The van der Waals surface area contributed by atoms with E-state index in [9.17, 15) is 25.9 Å². The maximum atomic E-state index is 11.2. The zero-order valence-electron chi connectivity index (χ0n) is 73.9. The largest absolute Gasteiger partial charge is 0.744 e. The van der Waals surface area contributed by atoms with Gasteiger partial charge in [-0.25, -0.2) is 31.8 Å². The van der Waals surface area contributed by atoms with E-state index in [0.717, 1.165) is 108 Å². The SMILES string of the molecule is CCNc1ccc(C(=C2C=CC(=[NH+]CC)c3ccccc32)c2ccc(N(CC)CC)cc2)cc1.CCNc1ccc(C(=C2C=CC(=[NH+]CC)c3ccccc32)c2ccc(N(CC)CC)cc2)cc1.CC[NH+]=C1C=CC(=C(c2ccc(N(CC)CC)cc2)c2ccc(N(CC)CC)cc2)c2ccccc21.Cc1ccc2c(S(=O)(=O)[O-])cc(S(=O)(=O)[O-])cc2c1. The van der Waals surface area contributed by atoms with E-state index in [1.807, 2.05) is 0 Å². The number of allylic oxidation sites excluding steroid dienone is 9. The molecule has 0 aromatic heterocycles. The second-order valence-electron chi connectivity index (χ2n) is 30.0. The lowest BCUT2D eigenvalue weighted by molar-refractivity contribution is -0.451. The molecule has 5 N–H and O–H groups in total. The average molecular weight is 1680 g/mol. The summed E-state index contributed by atoms with van der Waals surface area (Å²) in [5.74, 6) is 0. The summed E-state index contributed by atoms with van der Waals surface area (Å²) in [6, 6.07) is 86.3. The van der Waals surface area contributed by atoms with Crippen LogP contribution in [0.1, 0.15) is 162 Å². The highest BCUT2D eigenvalue weighted by atomic mass is 32.2. The quantitative estimate of drug-likeness (QED) is 0.0306. The molecule has 0 heterocycles. The molecule has 0 bridgehead atoms. The van der Waals surface area contributed by atoms with Crippen LogP contribution in [0.3, 0.4) is 0 Å². The standard InChI is InChI=1S/C33H39N3.2C31H35N3.C11H10O6S2/c1-6-34-32-24-23-31(29-13-11-12-14-30(29)32)33(25-15-19-27(20-16-25)35(7-2)8-3)26-17-21-28(22-18-26)36(9-4)10-5;2*1-5-32-25-17-13-23(14-18-25)31(24-15-19-26(20-16-24)34(7-3)8-4)29-21-22-30(33-6-2)28-12-10-9-11-27(28)29;1-7-2-3-10-8(4-7)5-9(18(12,13)14)6-11(10)19(15,16)17/h11-24H,6-10H2,1-5H3;2*9-22,32H,5-8H2,1-4H3;2-6H,1H3,(H,12,13,14)(H,15,16,17)/p+1. The van der Waals surface area contributed by atoms with Gasteiger partial charge in [0.15, 0.2) is 0 Å². The molecular weight excluding hydrogens is 1560 g/mol. The smallest absolute Gasteiger partial charge is 0.206 e. The van der Waals surface area contributed by atoms with E-state index in [-0.39, 0.29) is 10.8 Å². The van der Waals surface area contributed by atoms with Crippen molar-refractivity contribution in [1.82, 2.24) is 0 Å². The lowest BCUT2D eigenvalue weighted by Gasteiger charge is -2.24. The number of hydrogen-bond donors (Lipinski definition) is 5. The molecule has 17 heteroatoms. The Balaban J connectivity index is 0.000000163. The number of rotatable bonds is 27. The summed E-state index contributed by atoms with van der Waals surface area (Å²) in [7, 11) is -9.72. The minimum atomic E-state index is -4.88. The summed E-state index contributed by atoms with van der Waals surface area (Å²) in [6.45, 7) is 42.7. The van der Waals surface area contributed by atoms with Crippen LogP contribution in [-0.2, 0) is 20.2 Å². The highest BCUT2D eigenvalue weighted by Crippen LogP contribution is 2.42. The third kappa shape index (κ3) is 22.2. The van der Waals surface area contributed by atoms with Crippen LogP contribution in [0.15, 0.2) is 295 Å². The minimum absolute atomic E-state index is 0.0907. The molecule has 11 aromatic carbocycles. The van der Waals surface area contributed by atoms with Crippen molar-refractivity contribution in [2.75, 3.05) is 115 Å². The van der Waals surface area contributed by atoms with Crippen LogP contribution in [0.2, 0.25) is 0 Å². The first-order chi connectivity index (χ1) is 59.6. The van der Waals surface area contributed by atoms with Crippen molar-refractivity contribution in [2.24, 2.45) is 0 Å². The van der Waals surface area contributed by atoms with Crippen LogP contribution < -0.4 is 45.2 Å². The van der Waals surface area contributed by atoms with Crippen LogP contribution in [0.5, 0.6) is 0 Å². The van der Waals surface area contributed by atoms with Crippen molar-refractivity contribution >= 4 is 116 Å². The van der Waals surface area contributed by atoms with Gasteiger partial charge in [-0.1, -0.05) is 151 Å². The van der Waals surface area contributed by atoms with Crippen LogP contribution in [-0.4, -0.2) is 128 Å². The number of nitrogens with one attached hydrogen (secondary N) is 5. The molecule has 0 spiro atoms. The van der Waals surface area contributed by atoms with Gasteiger partial charge in [-0.2, -0.15) is 0 Å². The van der Waals surface area contributed by atoms with Gasteiger partial charge < -0.3 is 39.3 Å². The molecule has 14 rings (SSSR count). The second-order valence-corrected chi connectivity index (χ2v) is 32.7. The molecule has 0 aliphatic heterocycles. The summed E-state index contributed by atoms with van der Waals surface area (Å²) >= 11 is 0. The number of benzene rings is 11. The molecule has 0 fully saturated rings. The molecule has 0 atom stereocenters. The molecule has 3 aliphatic rings. The van der Waals surface area contributed by atoms with Crippen molar-refractivity contribution in [2.45, 2.75) is 107 Å². The van der Waals surface area contributed by atoms with Gasteiger partial charge in [-0.05, 0) is 313 Å². The van der Waals surface area contributed by atoms with Crippen molar-refractivity contribution in [3.63, 3.8) is 0 Å². The number of nitrogens with zero attached hydrogens (tertiary/aromatic N) is 4. The fourth-order valence-corrected chi connectivity index (χ4v) is 17.8. The van der Waals surface area contributed by atoms with Gasteiger partial charge in [0.25, 0.3) is 0 Å². The first-order valence-electron chi connectivity index (χ1n) is 43.6. The van der Waals surface area contributed by atoms with Crippen molar-refractivity contribution in [3.05, 3.63) is 358 Å². The Morgan fingerprint density at radius 2 is 0.577 bits per heavy atom. The lowest BCUT2D eigenvalue weighted by Crippen LogP contribution is -2.72. The summed E-state index contributed by atoms with van der Waals surface area (Å²) in [5, 5.41) is 7.13. The van der Waals surface area contributed by atoms with Crippen LogP contribution >= 0.6 is 0 Å². The van der Waals surface area contributed by atoms with E-state index in [1.54, 1.807) is 13.0 Å². The third-order valence-electron chi connectivity index (χ3n) is 22.5. The Morgan fingerprint density at radius 1 is 0.309 bits per heavy atom. The maximum Gasteiger partial charge on any atom is 0.206 e. The van der Waals surface area contributed by atoms with E-state index in [1.165, 1.54) is 152 Å². The summed E-state index contributed by atoms with van der Waals surface area (Å²) in [5.41, 5.74) is 34.2. The average Bonchev–Trinajstić information content (AvgIpc) is 0.783. The Kier molecular flexibility index (Phi) is 32.4. The maximum absolute atomic E-state index is 11.2. The van der Waals surface area contributed by atoms with Gasteiger partial charge in [0, 0.05) is 118 Å². The number of aryl methyl sites for hydroxylation is 1. The summed E-state index contributed by atoms with van der Waals surface area (Å²) in [6.07, 6.45) is 13.5. The van der Waals surface area contributed by atoms with Gasteiger partial charge >= 0.3 is 0 Å². The fourth-order valence-electron chi connectivity index (χ4n) is 16.4. The second kappa shape index (κ2) is 43.5. The predicted molar refractivity (Wildman–Crippen MR) is 517 cm³/mol. The monoisotopic (exact) mass is 1680 g/mol. The molecule has 123 heavy (non-hydrogen) atoms. The molecule has 15 nitrogen and oxygen atoms in total. The first-order valence-corrected chi connectivity index (χ1v) is 46.4. The van der Waals surface area contributed by atoms with Gasteiger partial charge in [-0.15, -0.1) is 0 Å². The van der Waals surface area contributed by atoms with Crippen molar-refractivity contribution in [3.8, 4) is 0 Å². The van der Waals surface area contributed by atoms with Gasteiger partial charge in [0.1, 0.15) is 39.9 Å². The van der Waals surface area contributed by atoms with Gasteiger partial charge in [0.05, 0.1) is 26.5 Å². The van der Waals surface area contributed by atoms with E-state index < -0.39 is 30.0 Å². The predicted octanol–water partition coefficient (Wildman–Crippen LogP) is 17.5. The van der Waals surface area contributed by atoms with Crippen LogP contribution in [0.25, 0.3) is 44.2 Å². The minimum Gasteiger partial charge on any atom is -0.744 e. The Hall–Kier alpha value is -12.3. The molecule has 0 saturated carbocycles. The zero-order valence-corrected chi connectivity index (χ0v) is 75.5. The van der Waals surface area contributed by atoms with Crippen molar-refractivity contribution < 1.29 is 40.9 Å². The molecule has 3 aliphatic carbocycles. The lowest BCUT2D eigenvalue weighted by atomic mass is 9.83. The Bertz CT molecular complexity index is 5740. The topological polar surface area (TPSA) is 193 Å². The third-order valence-corrected chi connectivity index (χ3v) is 24.2. The zero-order chi connectivity index (χ0) is 87.7. The molecule has 0 unspecified atom stereocenters. The van der Waals surface area contributed by atoms with Crippen LogP contribution in [0, 0.1) is 6.92 Å². The fraction of sp³-hybridized carbons (Fsp3) is 0.255. The summed E-state index contributed by atoms with van der Waals surface area (Å²) in [4.78, 5) is 18.7. The normalized spacial score (nSPS) is 14.4. The highest BCUT2D eigenvalue weighted by Gasteiger charge is 2.27. The first kappa shape index (κ1) is 91.5. The molecular formula is C106H120N9O6S2+. The van der Waals surface area contributed by atoms with E-state index in [0.29, 0.717) is 6.07 Å². The number of hydrogen-bond acceptors (Lipinski definition) is 12. The van der Waals surface area contributed by atoms with Gasteiger partial charge in [0.2, 0.25) is 17.1 Å². The van der Waals surface area contributed by atoms with E-state index >= 15 is 0 Å². The van der Waals surface area contributed by atoms with Crippen LogP contribution in [0.4, 0.5) is 34.1 Å².